The topological polar surface area (TPSA) is 92.9 Å². The van der Waals surface area contributed by atoms with Crippen LogP contribution in [0.1, 0.15) is 26.1 Å². The molecule has 0 aliphatic rings. The SMILES string of the molecule is CCCNc1cc(NCC(N)=O)nc(CC)n1. The number of carbonyl (C=O) groups excluding carboxylic acids is 1. The summed E-state index contributed by atoms with van der Waals surface area (Å²) in [6, 6.07) is 1.78. The third-order valence-corrected chi connectivity index (χ3v) is 2.09. The molecule has 0 bridgehead atoms. The van der Waals surface area contributed by atoms with Crippen LogP contribution < -0.4 is 16.4 Å². The molecule has 0 spiro atoms. The van der Waals surface area contributed by atoms with Crippen molar-refractivity contribution in [2.24, 2.45) is 5.73 Å². The van der Waals surface area contributed by atoms with Gasteiger partial charge in [0.1, 0.15) is 17.5 Å². The van der Waals surface area contributed by atoms with E-state index in [1.165, 1.54) is 0 Å². The summed E-state index contributed by atoms with van der Waals surface area (Å²) >= 11 is 0. The minimum Gasteiger partial charge on any atom is -0.370 e. The highest BCUT2D eigenvalue weighted by molar-refractivity contribution is 5.78. The number of aryl methyl sites for hydroxylation is 1. The molecule has 4 N–H and O–H groups in total. The van der Waals surface area contributed by atoms with Crippen LogP contribution in [-0.4, -0.2) is 29.0 Å². The Bertz CT molecular complexity index is 380. The molecule has 0 unspecified atom stereocenters. The molecule has 17 heavy (non-hydrogen) atoms. The second kappa shape index (κ2) is 6.67. The van der Waals surface area contributed by atoms with Gasteiger partial charge in [0, 0.05) is 19.0 Å². The summed E-state index contributed by atoms with van der Waals surface area (Å²) in [6.07, 6.45) is 1.77. The molecule has 1 aromatic heterocycles. The monoisotopic (exact) mass is 237 g/mol. The van der Waals surface area contributed by atoms with Gasteiger partial charge in [0.15, 0.2) is 0 Å². The van der Waals surface area contributed by atoms with Gasteiger partial charge < -0.3 is 16.4 Å². The van der Waals surface area contributed by atoms with Crippen molar-refractivity contribution in [1.29, 1.82) is 0 Å². The first-order chi connectivity index (χ1) is 8.15. The number of carbonyl (C=O) groups is 1. The van der Waals surface area contributed by atoms with Crippen LogP contribution in [0.15, 0.2) is 6.07 Å². The zero-order valence-electron chi connectivity index (χ0n) is 10.3. The molecule has 0 saturated heterocycles. The predicted octanol–water partition coefficient (Wildman–Crippen LogP) is 0.758. The van der Waals surface area contributed by atoms with Crippen molar-refractivity contribution < 1.29 is 4.79 Å². The molecule has 0 atom stereocenters. The van der Waals surface area contributed by atoms with Gasteiger partial charge in [-0.3, -0.25) is 4.79 Å². The molecule has 1 amide bonds. The first kappa shape index (κ1) is 13.2. The number of hydrogen-bond acceptors (Lipinski definition) is 5. The molecule has 6 heteroatoms. The molecule has 1 rings (SSSR count). The van der Waals surface area contributed by atoms with Gasteiger partial charge in [-0.1, -0.05) is 13.8 Å². The zero-order chi connectivity index (χ0) is 12.7. The summed E-state index contributed by atoms with van der Waals surface area (Å²) in [5.74, 6) is 1.71. The standard InChI is InChI=1S/C11H19N5O/c1-3-5-13-10-6-11(14-7-8(12)17)16-9(4-2)15-10/h6H,3-5,7H2,1-2H3,(H2,12,17)(H2,13,14,15,16). The van der Waals surface area contributed by atoms with E-state index in [1.807, 2.05) is 6.92 Å². The molecule has 94 valence electrons. The molecule has 0 aliphatic carbocycles. The third kappa shape index (κ3) is 4.67. The Morgan fingerprint density at radius 2 is 1.94 bits per heavy atom. The van der Waals surface area contributed by atoms with E-state index in [0.717, 1.165) is 31.0 Å². The molecule has 0 aliphatic heterocycles. The van der Waals surface area contributed by atoms with Gasteiger partial charge in [-0.15, -0.1) is 0 Å². The van der Waals surface area contributed by atoms with Crippen LogP contribution in [0.3, 0.4) is 0 Å². The normalized spacial score (nSPS) is 10.0. The first-order valence-corrected chi connectivity index (χ1v) is 5.79. The maximum Gasteiger partial charge on any atom is 0.236 e. The summed E-state index contributed by atoms with van der Waals surface area (Å²) in [5, 5.41) is 6.06. The van der Waals surface area contributed by atoms with Crippen molar-refractivity contribution in [3.05, 3.63) is 11.9 Å². The minimum absolute atomic E-state index is 0.0768. The predicted molar refractivity (Wildman–Crippen MR) is 67.9 cm³/mol. The van der Waals surface area contributed by atoms with Crippen LogP contribution >= 0.6 is 0 Å². The van der Waals surface area contributed by atoms with Gasteiger partial charge in [-0.25, -0.2) is 9.97 Å². The summed E-state index contributed by atoms with van der Waals surface area (Å²) < 4.78 is 0. The molecule has 0 radical (unpaired) electrons. The average molecular weight is 237 g/mol. The Kier molecular flexibility index (Phi) is 5.19. The fraction of sp³-hybridized carbons (Fsp3) is 0.545. The molecule has 1 heterocycles. The molecule has 1 aromatic rings. The van der Waals surface area contributed by atoms with Gasteiger partial charge in [0.2, 0.25) is 5.91 Å². The number of amides is 1. The van der Waals surface area contributed by atoms with Gasteiger partial charge in [-0.05, 0) is 6.42 Å². The number of anilines is 2. The largest absolute Gasteiger partial charge is 0.370 e. The number of aromatic nitrogens is 2. The summed E-state index contributed by atoms with van der Waals surface area (Å²) in [4.78, 5) is 19.3. The quantitative estimate of drug-likeness (QED) is 0.651. The van der Waals surface area contributed by atoms with E-state index in [4.69, 9.17) is 5.73 Å². The molecular formula is C11H19N5O. The lowest BCUT2D eigenvalue weighted by molar-refractivity contribution is -0.116. The van der Waals surface area contributed by atoms with Crippen molar-refractivity contribution in [3.63, 3.8) is 0 Å². The Morgan fingerprint density at radius 1 is 1.29 bits per heavy atom. The Balaban J connectivity index is 2.77. The van der Waals surface area contributed by atoms with Crippen LogP contribution in [0.2, 0.25) is 0 Å². The van der Waals surface area contributed by atoms with Gasteiger partial charge >= 0.3 is 0 Å². The van der Waals surface area contributed by atoms with Gasteiger partial charge in [0.05, 0.1) is 6.54 Å². The van der Waals surface area contributed by atoms with Crippen molar-refractivity contribution in [2.45, 2.75) is 26.7 Å². The number of nitrogens with two attached hydrogens (primary N) is 1. The van der Waals surface area contributed by atoms with E-state index < -0.39 is 5.91 Å². The average Bonchev–Trinajstić information content (AvgIpc) is 2.33. The smallest absolute Gasteiger partial charge is 0.236 e. The zero-order valence-corrected chi connectivity index (χ0v) is 10.3. The number of nitrogens with zero attached hydrogens (tertiary/aromatic N) is 2. The van der Waals surface area contributed by atoms with Crippen LogP contribution in [0.5, 0.6) is 0 Å². The first-order valence-electron chi connectivity index (χ1n) is 5.79. The molecule has 0 saturated carbocycles. The highest BCUT2D eigenvalue weighted by Crippen LogP contribution is 2.11. The minimum atomic E-state index is -0.412. The highest BCUT2D eigenvalue weighted by atomic mass is 16.1. The number of nitrogens with one attached hydrogen (secondary N) is 2. The van der Waals surface area contributed by atoms with E-state index in [1.54, 1.807) is 6.07 Å². The molecular weight excluding hydrogens is 218 g/mol. The summed E-state index contributed by atoms with van der Waals surface area (Å²) in [5.41, 5.74) is 5.07. The van der Waals surface area contributed by atoms with E-state index in [0.29, 0.717) is 5.82 Å². The van der Waals surface area contributed by atoms with Crippen molar-refractivity contribution >= 4 is 17.5 Å². The van der Waals surface area contributed by atoms with E-state index in [-0.39, 0.29) is 6.54 Å². The summed E-state index contributed by atoms with van der Waals surface area (Å²) in [6.45, 7) is 5.00. The Hall–Kier alpha value is -1.85. The molecule has 6 nitrogen and oxygen atoms in total. The van der Waals surface area contributed by atoms with Crippen LogP contribution in [-0.2, 0) is 11.2 Å². The lowest BCUT2D eigenvalue weighted by atomic mass is 10.4. The fourth-order valence-electron chi connectivity index (χ4n) is 1.27. The van der Waals surface area contributed by atoms with Gasteiger partial charge in [-0.2, -0.15) is 0 Å². The highest BCUT2D eigenvalue weighted by Gasteiger charge is 2.03. The second-order valence-corrected chi connectivity index (χ2v) is 3.65. The lowest BCUT2D eigenvalue weighted by Crippen LogP contribution is -2.22. The Labute approximate surface area is 101 Å². The summed E-state index contributed by atoms with van der Waals surface area (Å²) in [7, 11) is 0. The number of primary amides is 1. The van der Waals surface area contributed by atoms with Crippen molar-refractivity contribution in [2.75, 3.05) is 23.7 Å². The number of rotatable bonds is 7. The van der Waals surface area contributed by atoms with Crippen LogP contribution in [0.4, 0.5) is 11.6 Å². The second-order valence-electron chi connectivity index (χ2n) is 3.65. The van der Waals surface area contributed by atoms with E-state index >= 15 is 0 Å². The third-order valence-electron chi connectivity index (χ3n) is 2.09. The Morgan fingerprint density at radius 3 is 2.47 bits per heavy atom. The van der Waals surface area contributed by atoms with Crippen molar-refractivity contribution in [1.82, 2.24) is 9.97 Å². The maximum atomic E-state index is 10.7. The van der Waals surface area contributed by atoms with E-state index in [9.17, 15) is 4.79 Å². The van der Waals surface area contributed by atoms with Crippen molar-refractivity contribution in [3.8, 4) is 0 Å². The lowest BCUT2D eigenvalue weighted by Gasteiger charge is -2.09. The molecule has 0 fully saturated rings. The van der Waals surface area contributed by atoms with Gasteiger partial charge in [0.25, 0.3) is 0 Å². The molecule has 0 aromatic carbocycles. The fourth-order valence-corrected chi connectivity index (χ4v) is 1.27. The van der Waals surface area contributed by atoms with Crippen LogP contribution in [0, 0.1) is 0 Å². The van der Waals surface area contributed by atoms with E-state index in [2.05, 4.69) is 27.5 Å². The maximum absolute atomic E-state index is 10.7. The van der Waals surface area contributed by atoms with Crippen LogP contribution in [0.25, 0.3) is 0 Å². The number of hydrogen-bond donors (Lipinski definition) is 3.